The number of hydrogen-bond donors (Lipinski definition) is 3. The highest BCUT2D eigenvalue weighted by Crippen LogP contribution is 2.14. The monoisotopic (exact) mass is 394 g/mol. The average molecular weight is 394 g/mol. The van der Waals surface area contributed by atoms with Crippen molar-refractivity contribution in [2.45, 2.75) is 31.2 Å². The van der Waals surface area contributed by atoms with Crippen LogP contribution in [0.3, 0.4) is 0 Å². The maximum Gasteiger partial charge on any atom is 0.325 e. The lowest BCUT2D eigenvalue weighted by molar-refractivity contribution is -0.121. The second-order valence-corrected chi connectivity index (χ2v) is 8.37. The minimum atomic E-state index is -3.49. The Morgan fingerprint density at radius 3 is 2.30 bits per heavy atom. The standard InChI is InChI=1S/C17H22N4O5S/c1-11-14(16(23)20-17(24)19-11)8-9-15(22)18-10-12-4-6-13(7-5-12)27(25,26)21(2)3/h4-7H,8-10H2,1-3H3,(H,18,22)(H2,19,20,23,24). The van der Waals surface area contributed by atoms with E-state index in [1.165, 1.54) is 26.2 Å². The third kappa shape index (κ3) is 5.14. The molecule has 0 saturated carbocycles. The Balaban J connectivity index is 1.93. The summed E-state index contributed by atoms with van der Waals surface area (Å²) in [6.45, 7) is 1.84. The highest BCUT2D eigenvalue weighted by molar-refractivity contribution is 7.89. The zero-order valence-electron chi connectivity index (χ0n) is 15.3. The Morgan fingerprint density at radius 2 is 1.74 bits per heavy atom. The quantitative estimate of drug-likeness (QED) is 0.602. The zero-order valence-corrected chi connectivity index (χ0v) is 16.1. The van der Waals surface area contributed by atoms with Crippen molar-refractivity contribution in [3.8, 4) is 0 Å². The molecule has 1 aromatic heterocycles. The molecule has 0 radical (unpaired) electrons. The van der Waals surface area contributed by atoms with Gasteiger partial charge in [-0.25, -0.2) is 17.5 Å². The number of aromatic nitrogens is 2. The van der Waals surface area contributed by atoms with Crippen LogP contribution in [0.1, 0.15) is 23.2 Å². The summed E-state index contributed by atoms with van der Waals surface area (Å²) in [7, 11) is -0.573. The van der Waals surface area contributed by atoms with Gasteiger partial charge in [-0.05, 0) is 31.0 Å². The maximum absolute atomic E-state index is 12.0. The Kier molecular flexibility index (Phi) is 6.34. The summed E-state index contributed by atoms with van der Waals surface area (Å²) in [5.74, 6) is -0.259. The molecule has 27 heavy (non-hydrogen) atoms. The van der Waals surface area contributed by atoms with Gasteiger partial charge in [0.05, 0.1) is 4.90 Å². The Labute approximate surface area is 156 Å². The van der Waals surface area contributed by atoms with E-state index in [2.05, 4.69) is 15.3 Å². The molecule has 146 valence electrons. The van der Waals surface area contributed by atoms with E-state index in [1.807, 2.05) is 0 Å². The number of aromatic amines is 2. The highest BCUT2D eigenvalue weighted by Gasteiger charge is 2.16. The molecule has 0 bridgehead atoms. The van der Waals surface area contributed by atoms with Crippen LogP contribution in [0.15, 0.2) is 38.8 Å². The van der Waals surface area contributed by atoms with E-state index < -0.39 is 21.3 Å². The van der Waals surface area contributed by atoms with Crippen LogP contribution < -0.4 is 16.6 Å². The second kappa shape index (κ2) is 8.31. The fraction of sp³-hybridized carbons (Fsp3) is 0.353. The van der Waals surface area contributed by atoms with Crippen molar-refractivity contribution >= 4 is 15.9 Å². The smallest absolute Gasteiger partial charge is 0.325 e. The minimum Gasteiger partial charge on any atom is -0.352 e. The van der Waals surface area contributed by atoms with Crippen molar-refractivity contribution in [1.29, 1.82) is 0 Å². The number of nitrogens with zero attached hydrogens (tertiary/aromatic N) is 1. The lowest BCUT2D eigenvalue weighted by atomic mass is 10.1. The summed E-state index contributed by atoms with van der Waals surface area (Å²) in [5.41, 5.74) is 0.475. The van der Waals surface area contributed by atoms with E-state index >= 15 is 0 Å². The number of sulfonamides is 1. The van der Waals surface area contributed by atoms with Gasteiger partial charge >= 0.3 is 5.69 Å². The van der Waals surface area contributed by atoms with E-state index in [4.69, 9.17) is 0 Å². The van der Waals surface area contributed by atoms with Gasteiger partial charge in [-0.3, -0.25) is 14.6 Å². The molecule has 1 aromatic carbocycles. The van der Waals surface area contributed by atoms with Crippen LogP contribution in [0.2, 0.25) is 0 Å². The third-order valence-corrected chi connectivity index (χ3v) is 5.88. The van der Waals surface area contributed by atoms with E-state index in [0.717, 1.165) is 9.87 Å². The fourth-order valence-corrected chi connectivity index (χ4v) is 3.35. The van der Waals surface area contributed by atoms with Gasteiger partial charge in [0, 0.05) is 38.3 Å². The molecule has 0 saturated heterocycles. The molecule has 3 N–H and O–H groups in total. The number of hydrogen-bond acceptors (Lipinski definition) is 5. The van der Waals surface area contributed by atoms with Gasteiger partial charge in [-0.1, -0.05) is 12.1 Å². The van der Waals surface area contributed by atoms with Crippen LogP contribution >= 0.6 is 0 Å². The van der Waals surface area contributed by atoms with Crippen LogP contribution in [0.25, 0.3) is 0 Å². The normalized spacial score (nSPS) is 11.6. The van der Waals surface area contributed by atoms with Crippen molar-refractivity contribution < 1.29 is 13.2 Å². The number of carbonyl (C=O) groups excluding carboxylic acids is 1. The van der Waals surface area contributed by atoms with Crippen molar-refractivity contribution in [2.24, 2.45) is 0 Å². The van der Waals surface area contributed by atoms with Gasteiger partial charge < -0.3 is 10.3 Å². The molecule has 0 aliphatic rings. The number of aryl methyl sites for hydroxylation is 1. The predicted molar refractivity (Wildman–Crippen MR) is 99.9 cm³/mol. The lowest BCUT2D eigenvalue weighted by Gasteiger charge is -2.12. The summed E-state index contributed by atoms with van der Waals surface area (Å²) in [6, 6.07) is 6.24. The number of carbonyl (C=O) groups is 1. The molecule has 10 heteroatoms. The summed E-state index contributed by atoms with van der Waals surface area (Å²) < 4.78 is 25.2. The number of H-pyrrole nitrogens is 2. The van der Waals surface area contributed by atoms with E-state index in [9.17, 15) is 22.8 Å². The molecular formula is C17H22N4O5S. The first-order valence-corrected chi connectivity index (χ1v) is 9.65. The number of benzene rings is 1. The number of nitrogens with one attached hydrogen (secondary N) is 3. The number of rotatable bonds is 7. The topological polar surface area (TPSA) is 132 Å². The van der Waals surface area contributed by atoms with Gasteiger partial charge in [0.1, 0.15) is 0 Å². The summed E-state index contributed by atoms with van der Waals surface area (Å²) in [5, 5.41) is 2.72. The Morgan fingerprint density at radius 1 is 1.11 bits per heavy atom. The van der Waals surface area contributed by atoms with Crippen LogP contribution in [-0.4, -0.2) is 42.7 Å². The SMILES string of the molecule is Cc1[nH]c(=O)[nH]c(=O)c1CCC(=O)NCc1ccc(S(=O)(=O)N(C)C)cc1. The summed E-state index contributed by atoms with van der Waals surface area (Å²) in [6.07, 6.45) is 0.285. The highest BCUT2D eigenvalue weighted by atomic mass is 32.2. The molecule has 2 aromatic rings. The zero-order chi connectivity index (χ0) is 20.2. The first kappa shape index (κ1) is 20.6. The molecule has 0 aliphatic heterocycles. The number of amides is 1. The van der Waals surface area contributed by atoms with Crippen molar-refractivity contribution in [3.05, 3.63) is 61.9 Å². The fourth-order valence-electron chi connectivity index (χ4n) is 2.44. The third-order valence-electron chi connectivity index (χ3n) is 4.05. The van der Waals surface area contributed by atoms with Crippen LogP contribution in [0.5, 0.6) is 0 Å². The Bertz CT molecular complexity index is 1040. The summed E-state index contributed by atoms with van der Waals surface area (Å²) >= 11 is 0. The van der Waals surface area contributed by atoms with Gasteiger partial charge in [0.2, 0.25) is 15.9 Å². The molecule has 0 aliphatic carbocycles. The first-order chi connectivity index (χ1) is 12.6. The van der Waals surface area contributed by atoms with Crippen LogP contribution in [0, 0.1) is 6.92 Å². The molecule has 0 unspecified atom stereocenters. The molecule has 1 heterocycles. The van der Waals surface area contributed by atoms with Gasteiger partial charge in [-0.2, -0.15) is 0 Å². The molecule has 0 atom stereocenters. The van der Waals surface area contributed by atoms with Gasteiger partial charge in [0.25, 0.3) is 5.56 Å². The Hall–Kier alpha value is -2.72. The molecule has 9 nitrogen and oxygen atoms in total. The van der Waals surface area contributed by atoms with E-state index in [-0.39, 0.29) is 30.2 Å². The van der Waals surface area contributed by atoms with Gasteiger partial charge in [-0.15, -0.1) is 0 Å². The maximum atomic E-state index is 12.0. The molecular weight excluding hydrogens is 372 g/mol. The predicted octanol–water partition coefficient (Wildman–Crippen LogP) is -0.129. The van der Waals surface area contributed by atoms with Crippen molar-refractivity contribution in [2.75, 3.05) is 14.1 Å². The summed E-state index contributed by atoms with van der Waals surface area (Å²) in [4.78, 5) is 39.7. The molecule has 0 spiro atoms. The first-order valence-electron chi connectivity index (χ1n) is 8.21. The van der Waals surface area contributed by atoms with Gasteiger partial charge in [0.15, 0.2) is 0 Å². The minimum absolute atomic E-state index is 0.0864. The van der Waals surface area contributed by atoms with Crippen molar-refractivity contribution in [3.63, 3.8) is 0 Å². The van der Waals surface area contributed by atoms with Crippen LogP contribution in [-0.2, 0) is 27.8 Å². The second-order valence-electron chi connectivity index (χ2n) is 6.22. The average Bonchev–Trinajstić information content (AvgIpc) is 2.59. The largest absolute Gasteiger partial charge is 0.352 e. The van der Waals surface area contributed by atoms with E-state index in [1.54, 1.807) is 19.1 Å². The van der Waals surface area contributed by atoms with Crippen molar-refractivity contribution in [1.82, 2.24) is 19.6 Å². The lowest BCUT2D eigenvalue weighted by Crippen LogP contribution is -2.29. The molecule has 1 amide bonds. The van der Waals surface area contributed by atoms with E-state index in [0.29, 0.717) is 11.3 Å². The molecule has 2 rings (SSSR count). The molecule has 0 fully saturated rings. The van der Waals surface area contributed by atoms with Crippen LogP contribution in [0.4, 0.5) is 0 Å².